The van der Waals surface area contributed by atoms with Gasteiger partial charge in [0.2, 0.25) is 0 Å². The zero-order chi connectivity index (χ0) is 15.5. The van der Waals surface area contributed by atoms with Crippen LogP contribution in [0.5, 0.6) is 0 Å². The molecule has 0 aromatic carbocycles. The van der Waals surface area contributed by atoms with Gasteiger partial charge in [-0.3, -0.25) is 4.79 Å². The molecular formula is C18H30O2. The van der Waals surface area contributed by atoms with Crippen LogP contribution in [-0.4, -0.2) is 17.0 Å². The Kier molecular flexibility index (Phi) is 10.0. The Morgan fingerprint density at radius 2 is 1.65 bits per heavy atom. The van der Waals surface area contributed by atoms with Gasteiger partial charge in [-0.2, -0.15) is 0 Å². The average molecular weight is 278 g/mol. The Morgan fingerprint density at radius 1 is 1.05 bits per heavy atom. The third-order valence-corrected chi connectivity index (χ3v) is 3.01. The molecule has 0 saturated carbocycles. The highest BCUT2D eigenvalue weighted by molar-refractivity contribution is 5.91. The van der Waals surface area contributed by atoms with Gasteiger partial charge in [-0.1, -0.05) is 28.9 Å². The van der Waals surface area contributed by atoms with Gasteiger partial charge in [0, 0.05) is 6.42 Å². The molecule has 114 valence electrons. The number of ketones is 1. The molecule has 2 heteroatoms. The quantitative estimate of drug-likeness (QED) is 0.488. The van der Waals surface area contributed by atoms with Crippen molar-refractivity contribution in [3.8, 4) is 0 Å². The van der Waals surface area contributed by atoms with Gasteiger partial charge in [0.25, 0.3) is 0 Å². The molecule has 0 bridgehead atoms. The molecule has 1 N–H and O–H groups in total. The van der Waals surface area contributed by atoms with Crippen LogP contribution in [0.4, 0.5) is 0 Å². The van der Waals surface area contributed by atoms with Crippen molar-refractivity contribution in [2.75, 3.05) is 0 Å². The molecule has 0 aliphatic rings. The first-order chi connectivity index (χ1) is 9.31. The summed E-state index contributed by atoms with van der Waals surface area (Å²) < 4.78 is 0. The molecule has 0 amide bonds. The topological polar surface area (TPSA) is 37.3 Å². The number of rotatable bonds is 9. The molecule has 20 heavy (non-hydrogen) atoms. The SMILES string of the molecule is CC(C)=CC(=O)C/C(C)=C/CC/C(C)=C/CCC(C)O. The lowest BCUT2D eigenvalue weighted by Crippen LogP contribution is -1.97. The average Bonchev–Trinajstić information content (AvgIpc) is 2.26. The molecule has 0 heterocycles. The van der Waals surface area contributed by atoms with Crippen LogP contribution in [0.25, 0.3) is 0 Å². The van der Waals surface area contributed by atoms with Crippen molar-refractivity contribution in [2.45, 2.75) is 72.8 Å². The summed E-state index contributed by atoms with van der Waals surface area (Å²) in [4.78, 5) is 11.6. The summed E-state index contributed by atoms with van der Waals surface area (Å²) in [5.41, 5.74) is 3.55. The molecular weight excluding hydrogens is 248 g/mol. The van der Waals surface area contributed by atoms with Gasteiger partial charge in [0.15, 0.2) is 5.78 Å². The summed E-state index contributed by atoms with van der Waals surface area (Å²) >= 11 is 0. The maximum absolute atomic E-state index is 11.6. The Hall–Kier alpha value is -1.15. The van der Waals surface area contributed by atoms with Gasteiger partial charge in [-0.25, -0.2) is 0 Å². The van der Waals surface area contributed by atoms with Crippen LogP contribution in [0, 0.1) is 0 Å². The third kappa shape index (κ3) is 11.9. The largest absolute Gasteiger partial charge is 0.393 e. The van der Waals surface area contributed by atoms with Crippen molar-refractivity contribution in [1.29, 1.82) is 0 Å². The summed E-state index contributed by atoms with van der Waals surface area (Å²) in [6.07, 6.45) is 10.1. The Labute approximate surface area is 124 Å². The predicted molar refractivity (Wildman–Crippen MR) is 86.7 cm³/mol. The maximum Gasteiger partial charge on any atom is 0.159 e. The van der Waals surface area contributed by atoms with Crippen LogP contribution in [0.2, 0.25) is 0 Å². The highest BCUT2D eigenvalue weighted by atomic mass is 16.3. The number of carbonyl (C=O) groups excluding carboxylic acids is 1. The second kappa shape index (κ2) is 10.6. The lowest BCUT2D eigenvalue weighted by atomic mass is 10.0. The molecule has 0 spiro atoms. The van der Waals surface area contributed by atoms with Gasteiger partial charge in [0.1, 0.15) is 0 Å². The summed E-state index contributed by atoms with van der Waals surface area (Å²) in [5.74, 6) is 0.183. The van der Waals surface area contributed by atoms with E-state index in [0.29, 0.717) is 6.42 Å². The van der Waals surface area contributed by atoms with Crippen molar-refractivity contribution in [3.05, 3.63) is 34.9 Å². The maximum atomic E-state index is 11.6. The number of carbonyl (C=O) groups is 1. The van der Waals surface area contributed by atoms with E-state index in [2.05, 4.69) is 19.1 Å². The molecule has 2 nitrogen and oxygen atoms in total. The Balaban J connectivity index is 4.04. The van der Waals surface area contributed by atoms with Gasteiger partial charge < -0.3 is 5.11 Å². The standard InChI is InChI=1S/C18H30O2/c1-14(2)12-18(20)13-16(4)10-6-8-15(3)9-7-11-17(5)19/h9-10,12,17,19H,6-8,11,13H2,1-5H3/b15-9+,16-10+. The fraction of sp³-hybridized carbons (Fsp3) is 0.611. The number of aliphatic hydroxyl groups excluding tert-OH is 1. The van der Waals surface area contributed by atoms with Gasteiger partial charge in [0.05, 0.1) is 6.10 Å². The van der Waals surface area contributed by atoms with E-state index in [-0.39, 0.29) is 11.9 Å². The van der Waals surface area contributed by atoms with Crippen molar-refractivity contribution < 1.29 is 9.90 Å². The van der Waals surface area contributed by atoms with Crippen molar-refractivity contribution in [3.63, 3.8) is 0 Å². The second-order valence-electron chi connectivity index (χ2n) is 5.93. The fourth-order valence-electron chi connectivity index (χ4n) is 1.94. The lowest BCUT2D eigenvalue weighted by molar-refractivity contribution is -0.114. The fourth-order valence-corrected chi connectivity index (χ4v) is 1.94. The highest BCUT2D eigenvalue weighted by Crippen LogP contribution is 2.11. The van der Waals surface area contributed by atoms with E-state index in [0.717, 1.165) is 36.8 Å². The predicted octanol–water partition coefficient (Wildman–Crippen LogP) is 4.75. The molecule has 0 aliphatic carbocycles. The van der Waals surface area contributed by atoms with Crippen molar-refractivity contribution in [2.24, 2.45) is 0 Å². The number of allylic oxidation sites excluding steroid dienone is 6. The van der Waals surface area contributed by atoms with E-state index < -0.39 is 0 Å². The summed E-state index contributed by atoms with van der Waals surface area (Å²) in [5, 5.41) is 9.18. The highest BCUT2D eigenvalue weighted by Gasteiger charge is 1.99. The zero-order valence-electron chi connectivity index (χ0n) is 13.7. The van der Waals surface area contributed by atoms with Crippen LogP contribution in [0.3, 0.4) is 0 Å². The van der Waals surface area contributed by atoms with Crippen LogP contribution in [-0.2, 0) is 4.79 Å². The third-order valence-electron chi connectivity index (χ3n) is 3.01. The van der Waals surface area contributed by atoms with E-state index in [9.17, 15) is 9.90 Å². The second-order valence-corrected chi connectivity index (χ2v) is 5.93. The van der Waals surface area contributed by atoms with Crippen molar-refractivity contribution in [1.82, 2.24) is 0 Å². The minimum absolute atomic E-state index is 0.183. The number of hydrogen-bond acceptors (Lipinski definition) is 2. The van der Waals surface area contributed by atoms with E-state index in [4.69, 9.17) is 0 Å². The zero-order valence-corrected chi connectivity index (χ0v) is 13.7. The van der Waals surface area contributed by atoms with Crippen LogP contribution < -0.4 is 0 Å². The molecule has 0 saturated heterocycles. The monoisotopic (exact) mass is 278 g/mol. The molecule has 0 aliphatic heterocycles. The van der Waals surface area contributed by atoms with E-state index in [1.54, 1.807) is 6.08 Å². The van der Waals surface area contributed by atoms with Crippen LogP contribution >= 0.6 is 0 Å². The Morgan fingerprint density at radius 3 is 2.20 bits per heavy atom. The number of hydrogen-bond donors (Lipinski definition) is 1. The Bertz CT molecular complexity index is 380. The van der Waals surface area contributed by atoms with E-state index in [1.807, 2.05) is 27.7 Å². The first kappa shape index (κ1) is 18.9. The summed E-state index contributed by atoms with van der Waals surface area (Å²) in [7, 11) is 0. The van der Waals surface area contributed by atoms with Crippen molar-refractivity contribution >= 4 is 5.78 Å². The summed E-state index contributed by atoms with van der Waals surface area (Å²) in [6.45, 7) is 9.85. The molecule has 0 rings (SSSR count). The molecule has 0 aromatic rings. The van der Waals surface area contributed by atoms with Crippen LogP contribution in [0.15, 0.2) is 34.9 Å². The summed E-state index contributed by atoms with van der Waals surface area (Å²) in [6, 6.07) is 0. The first-order valence-corrected chi connectivity index (χ1v) is 7.48. The van der Waals surface area contributed by atoms with E-state index >= 15 is 0 Å². The molecule has 1 atom stereocenters. The van der Waals surface area contributed by atoms with Gasteiger partial charge in [-0.15, -0.1) is 0 Å². The van der Waals surface area contributed by atoms with Crippen LogP contribution in [0.1, 0.15) is 66.7 Å². The number of aliphatic hydroxyl groups is 1. The van der Waals surface area contributed by atoms with Gasteiger partial charge >= 0.3 is 0 Å². The molecule has 0 radical (unpaired) electrons. The lowest BCUT2D eigenvalue weighted by Gasteiger charge is -2.03. The first-order valence-electron chi connectivity index (χ1n) is 7.48. The molecule has 1 unspecified atom stereocenters. The smallest absolute Gasteiger partial charge is 0.159 e. The molecule has 0 fully saturated rings. The molecule has 0 aromatic heterocycles. The van der Waals surface area contributed by atoms with E-state index in [1.165, 1.54) is 5.57 Å². The normalized spacial score (nSPS) is 14.1. The minimum atomic E-state index is -0.220. The van der Waals surface area contributed by atoms with Gasteiger partial charge in [-0.05, 0) is 66.4 Å². The minimum Gasteiger partial charge on any atom is -0.393 e.